The van der Waals surface area contributed by atoms with Crippen LogP contribution in [0.4, 0.5) is 8.78 Å². The van der Waals surface area contributed by atoms with Gasteiger partial charge in [0.25, 0.3) is 0 Å². The van der Waals surface area contributed by atoms with E-state index < -0.39 is 30.5 Å². The summed E-state index contributed by atoms with van der Waals surface area (Å²) in [7, 11) is 0. The van der Waals surface area contributed by atoms with Crippen molar-refractivity contribution in [3.05, 3.63) is 29.8 Å². The minimum Gasteiger partial charge on any atom is -0.434 e. The molecule has 6 nitrogen and oxygen atoms in total. The molecule has 1 aromatic rings. The summed E-state index contributed by atoms with van der Waals surface area (Å²) in [5.41, 5.74) is 10.8. The topological polar surface area (TPSA) is 107 Å². The van der Waals surface area contributed by atoms with Gasteiger partial charge >= 0.3 is 6.61 Å². The number of carbonyl (C=O) groups is 2. The van der Waals surface area contributed by atoms with E-state index in [4.69, 9.17) is 11.5 Å². The summed E-state index contributed by atoms with van der Waals surface area (Å²) in [6.07, 6.45) is -0.298. The molecule has 0 aliphatic carbocycles. The van der Waals surface area contributed by atoms with Crippen LogP contribution in [0.3, 0.4) is 0 Å². The molecule has 0 radical (unpaired) electrons. The Morgan fingerprint density at radius 3 is 2.52 bits per heavy atom. The Morgan fingerprint density at radius 1 is 1.33 bits per heavy atom. The van der Waals surface area contributed by atoms with Gasteiger partial charge in [-0.05, 0) is 13.0 Å². The zero-order valence-electron chi connectivity index (χ0n) is 11.4. The van der Waals surface area contributed by atoms with Crippen LogP contribution in [-0.2, 0) is 9.59 Å². The molecule has 2 unspecified atom stereocenters. The zero-order valence-corrected chi connectivity index (χ0v) is 11.4. The second-order valence-corrected chi connectivity index (χ2v) is 4.42. The van der Waals surface area contributed by atoms with Crippen molar-refractivity contribution in [1.82, 2.24) is 5.32 Å². The molecule has 0 spiro atoms. The Morgan fingerprint density at radius 2 is 1.95 bits per heavy atom. The second kappa shape index (κ2) is 7.53. The fourth-order valence-corrected chi connectivity index (χ4v) is 1.75. The van der Waals surface area contributed by atoms with Crippen molar-refractivity contribution in [2.45, 2.75) is 32.0 Å². The van der Waals surface area contributed by atoms with Gasteiger partial charge < -0.3 is 21.5 Å². The molecule has 1 rings (SSSR count). The highest BCUT2D eigenvalue weighted by Crippen LogP contribution is 2.26. The highest BCUT2D eigenvalue weighted by molar-refractivity contribution is 5.87. The average molecular weight is 301 g/mol. The quantitative estimate of drug-likeness (QED) is 0.688. The molecule has 21 heavy (non-hydrogen) atoms. The number of halogens is 2. The van der Waals surface area contributed by atoms with E-state index in [0.717, 1.165) is 0 Å². The van der Waals surface area contributed by atoms with Gasteiger partial charge in [-0.15, -0.1) is 0 Å². The van der Waals surface area contributed by atoms with Gasteiger partial charge in [-0.2, -0.15) is 8.78 Å². The maximum atomic E-state index is 12.3. The van der Waals surface area contributed by atoms with Crippen molar-refractivity contribution in [3.8, 4) is 5.75 Å². The first kappa shape index (κ1) is 16.8. The minimum absolute atomic E-state index is 0.0382. The third kappa shape index (κ3) is 5.35. The van der Waals surface area contributed by atoms with E-state index in [9.17, 15) is 18.4 Å². The summed E-state index contributed by atoms with van der Waals surface area (Å²) in [6, 6.07) is 4.36. The van der Waals surface area contributed by atoms with Crippen molar-refractivity contribution in [3.63, 3.8) is 0 Å². The molecule has 2 atom stereocenters. The normalized spacial score (nSPS) is 13.6. The molecule has 2 amide bonds. The Balaban J connectivity index is 2.77. The first-order chi connectivity index (χ1) is 9.81. The summed E-state index contributed by atoms with van der Waals surface area (Å²) in [6.45, 7) is -1.38. The number of ether oxygens (including phenoxy) is 1. The fraction of sp³-hybridized carbons (Fsp3) is 0.385. The number of hydrogen-bond acceptors (Lipinski definition) is 4. The van der Waals surface area contributed by atoms with Gasteiger partial charge in [0, 0.05) is 5.56 Å². The smallest absolute Gasteiger partial charge is 0.387 e. The Hall–Kier alpha value is -2.22. The predicted molar refractivity (Wildman–Crippen MR) is 71.4 cm³/mol. The number of amides is 2. The van der Waals surface area contributed by atoms with Crippen LogP contribution in [0.2, 0.25) is 0 Å². The van der Waals surface area contributed by atoms with E-state index in [1.807, 2.05) is 0 Å². The van der Waals surface area contributed by atoms with Gasteiger partial charge in [-0.1, -0.05) is 18.2 Å². The van der Waals surface area contributed by atoms with Gasteiger partial charge in [0.2, 0.25) is 11.8 Å². The van der Waals surface area contributed by atoms with E-state index in [1.165, 1.54) is 12.1 Å². The van der Waals surface area contributed by atoms with E-state index in [1.54, 1.807) is 19.1 Å². The lowest BCUT2D eigenvalue weighted by molar-refractivity contribution is -0.126. The third-order valence-electron chi connectivity index (χ3n) is 2.72. The maximum absolute atomic E-state index is 12.3. The monoisotopic (exact) mass is 301 g/mol. The van der Waals surface area contributed by atoms with E-state index >= 15 is 0 Å². The van der Waals surface area contributed by atoms with Crippen molar-refractivity contribution >= 4 is 11.8 Å². The molecule has 0 aromatic heterocycles. The molecule has 5 N–H and O–H groups in total. The van der Waals surface area contributed by atoms with Gasteiger partial charge in [-0.3, -0.25) is 9.59 Å². The lowest BCUT2D eigenvalue weighted by Gasteiger charge is -2.19. The summed E-state index contributed by atoms with van der Waals surface area (Å²) < 4.78 is 29.0. The van der Waals surface area contributed by atoms with Gasteiger partial charge in [0.15, 0.2) is 0 Å². The first-order valence-electron chi connectivity index (χ1n) is 6.19. The molecule has 0 fully saturated rings. The fourth-order valence-electron chi connectivity index (χ4n) is 1.75. The standard InChI is InChI=1S/C13H17F2N3O3/c1-7(18-12(20)9(16)6-11(17)19)8-4-2-3-5-10(8)21-13(14)15/h2-5,7,9,13H,6,16H2,1H3,(H2,17,19)(H,18,20). The SMILES string of the molecule is CC(NC(=O)C(N)CC(N)=O)c1ccccc1OC(F)F. The molecule has 116 valence electrons. The highest BCUT2D eigenvalue weighted by Gasteiger charge is 2.20. The van der Waals surface area contributed by atoms with Crippen LogP contribution in [0.5, 0.6) is 5.75 Å². The van der Waals surface area contributed by atoms with Gasteiger partial charge in [-0.25, -0.2) is 0 Å². The van der Waals surface area contributed by atoms with Crippen LogP contribution in [0.1, 0.15) is 24.9 Å². The van der Waals surface area contributed by atoms with Crippen molar-refractivity contribution in [1.29, 1.82) is 0 Å². The first-order valence-corrected chi connectivity index (χ1v) is 6.19. The highest BCUT2D eigenvalue weighted by atomic mass is 19.3. The lowest BCUT2D eigenvalue weighted by atomic mass is 10.1. The number of para-hydroxylation sites is 1. The van der Waals surface area contributed by atoms with Crippen molar-refractivity contribution in [2.24, 2.45) is 11.5 Å². The third-order valence-corrected chi connectivity index (χ3v) is 2.72. The second-order valence-electron chi connectivity index (χ2n) is 4.42. The van der Waals surface area contributed by atoms with Crippen LogP contribution >= 0.6 is 0 Å². The Bertz CT molecular complexity index is 511. The molecule has 0 bridgehead atoms. The Labute approximate surface area is 120 Å². The number of benzene rings is 1. The number of nitrogens with one attached hydrogen (secondary N) is 1. The predicted octanol–water partition coefficient (Wildman–Crippen LogP) is 0.668. The number of nitrogens with two attached hydrogens (primary N) is 2. The van der Waals surface area contributed by atoms with Gasteiger partial charge in [0.05, 0.1) is 18.5 Å². The number of primary amides is 1. The molecule has 0 saturated heterocycles. The van der Waals surface area contributed by atoms with Crippen LogP contribution in [0.15, 0.2) is 24.3 Å². The summed E-state index contributed by atoms with van der Waals surface area (Å²) in [5, 5.41) is 2.52. The van der Waals surface area contributed by atoms with E-state index in [0.29, 0.717) is 5.56 Å². The molecule has 8 heteroatoms. The Kier molecular flexibility index (Phi) is 6.04. The lowest BCUT2D eigenvalue weighted by Crippen LogP contribution is -2.43. The summed E-state index contributed by atoms with van der Waals surface area (Å²) in [4.78, 5) is 22.5. The van der Waals surface area contributed by atoms with E-state index in [2.05, 4.69) is 10.1 Å². The number of rotatable bonds is 7. The molecule has 0 heterocycles. The number of carbonyl (C=O) groups excluding carboxylic acids is 2. The van der Waals surface area contributed by atoms with Crippen LogP contribution in [0.25, 0.3) is 0 Å². The maximum Gasteiger partial charge on any atom is 0.387 e. The van der Waals surface area contributed by atoms with Crippen LogP contribution < -0.4 is 21.5 Å². The largest absolute Gasteiger partial charge is 0.434 e. The van der Waals surface area contributed by atoms with Crippen LogP contribution in [0, 0.1) is 0 Å². The summed E-state index contributed by atoms with van der Waals surface area (Å²) in [5.74, 6) is -1.34. The summed E-state index contributed by atoms with van der Waals surface area (Å²) >= 11 is 0. The molecular weight excluding hydrogens is 284 g/mol. The zero-order chi connectivity index (χ0) is 16.0. The number of alkyl halides is 2. The van der Waals surface area contributed by atoms with E-state index in [-0.39, 0.29) is 12.2 Å². The van der Waals surface area contributed by atoms with Crippen molar-refractivity contribution < 1.29 is 23.1 Å². The van der Waals surface area contributed by atoms with Crippen LogP contribution in [-0.4, -0.2) is 24.5 Å². The number of hydrogen-bond donors (Lipinski definition) is 3. The minimum atomic E-state index is -2.97. The van der Waals surface area contributed by atoms with Gasteiger partial charge in [0.1, 0.15) is 5.75 Å². The molecular formula is C13H17F2N3O3. The molecule has 0 aliphatic heterocycles. The molecule has 1 aromatic carbocycles. The molecule has 0 aliphatic rings. The average Bonchev–Trinajstić information content (AvgIpc) is 2.37. The van der Waals surface area contributed by atoms with Crippen molar-refractivity contribution in [2.75, 3.05) is 0 Å². The molecule has 0 saturated carbocycles.